The van der Waals surface area contributed by atoms with Gasteiger partial charge in [-0.1, -0.05) is 12.1 Å². The number of carbonyl (C=O) groups excluding carboxylic acids is 1. The third kappa shape index (κ3) is 3.16. The van der Waals surface area contributed by atoms with E-state index in [2.05, 4.69) is 5.32 Å². The Morgan fingerprint density at radius 3 is 2.37 bits per heavy atom. The molecule has 0 atom stereocenters. The van der Waals surface area contributed by atoms with E-state index in [1.807, 2.05) is 0 Å². The minimum atomic E-state index is -1.11. The summed E-state index contributed by atoms with van der Waals surface area (Å²) in [7, 11) is 0. The zero-order valence-electron chi connectivity index (χ0n) is 9.76. The Morgan fingerprint density at radius 1 is 1.00 bits per heavy atom. The normalized spacial score (nSPS) is 9.95. The molecule has 0 aromatic heterocycles. The maximum Gasteiger partial charge on any atom is 0.335 e. The van der Waals surface area contributed by atoms with Crippen LogP contribution in [0.1, 0.15) is 20.7 Å². The fourth-order valence-corrected chi connectivity index (χ4v) is 1.56. The highest BCUT2D eigenvalue weighted by molar-refractivity contribution is 6.05. The number of carboxylic acid groups (broad SMARTS) is 1. The summed E-state index contributed by atoms with van der Waals surface area (Å²) in [4.78, 5) is 22.7. The Kier molecular flexibility index (Phi) is 3.56. The number of hydrogen-bond donors (Lipinski definition) is 2. The van der Waals surface area contributed by atoms with Gasteiger partial charge in [-0.05, 0) is 36.4 Å². The molecule has 2 N–H and O–H groups in total. The summed E-state index contributed by atoms with van der Waals surface area (Å²) < 4.78 is 13.0. The van der Waals surface area contributed by atoms with Gasteiger partial charge in [0.15, 0.2) is 0 Å². The standard InChI is InChI=1S/C14H10FNO3/c15-11-5-2-6-12(8-11)16-13(17)9-3-1-4-10(7-9)14(18)19/h1-8H,(H,16,17)(H,18,19). The zero-order chi connectivity index (χ0) is 13.8. The number of amides is 1. The van der Waals surface area contributed by atoms with E-state index in [9.17, 15) is 14.0 Å². The smallest absolute Gasteiger partial charge is 0.335 e. The summed E-state index contributed by atoms with van der Waals surface area (Å²) in [5, 5.41) is 11.3. The highest BCUT2D eigenvalue weighted by Crippen LogP contribution is 2.12. The maximum atomic E-state index is 13.0. The third-order valence-electron chi connectivity index (χ3n) is 2.45. The summed E-state index contributed by atoms with van der Waals surface area (Å²) in [6.45, 7) is 0. The highest BCUT2D eigenvalue weighted by atomic mass is 19.1. The quantitative estimate of drug-likeness (QED) is 0.890. The summed E-state index contributed by atoms with van der Waals surface area (Å²) in [5.74, 6) is -2.06. The monoisotopic (exact) mass is 259 g/mol. The van der Waals surface area contributed by atoms with Crippen LogP contribution in [0.15, 0.2) is 48.5 Å². The molecule has 2 aromatic rings. The number of aromatic carboxylic acids is 1. The molecular formula is C14H10FNO3. The van der Waals surface area contributed by atoms with Gasteiger partial charge in [0.2, 0.25) is 0 Å². The van der Waals surface area contributed by atoms with Gasteiger partial charge in [0.25, 0.3) is 5.91 Å². The minimum absolute atomic E-state index is 0.0203. The Morgan fingerprint density at radius 2 is 1.68 bits per heavy atom. The first-order chi connectivity index (χ1) is 9.06. The van der Waals surface area contributed by atoms with Gasteiger partial charge in [-0.15, -0.1) is 0 Å². The lowest BCUT2D eigenvalue weighted by Gasteiger charge is -2.05. The van der Waals surface area contributed by atoms with Gasteiger partial charge in [-0.25, -0.2) is 9.18 Å². The van der Waals surface area contributed by atoms with Crippen LogP contribution in [0.25, 0.3) is 0 Å². The number of hydrogen-bond acceptors (Lipinski definition) is 2. The SMILES string of the molecule is O=C(O)c1cccc(C(=O)Nc2cccc(F)c2)c1. The van der Waals surface area contributed by atoms with Crippen molar-refractivity contribution in [1.82, 2.24) is 0 Å². The van der Waals surface area contributed by atoms with Crippen molar-refractivity contribution < 1.29 is 19.1 Å². The highest BCUT2D eigenvalue weighted by Gasteiger charge is 2.09. The van der Waals surface area contributed by atoms with E-state index in [1.165, 1.54) is 42.5 Å². The number of halogens is 1. The molecule has 0 fully saturated rings. The maximum absolute atomic E-state index is 13.0. The first-order valence-electron chi connectivity index (χ1n) is 5.46. The number of nitrogens with one attached hydrogen (secondary N) is 1. The van der Waals surface area contributed by atoms with Crippen LogP contribution in [0.4, 0.5) is 10.1 Å². The van der Waals surface area contributed by atoms with Gasteiger partial charge in [0.1, 0.15) is 5.82 Å². The molecule has 96 valence electrons. The van der Waals surface area contributed by atoms with Crippen LogP contribution >= 0.6 is 0 Å². The second kappa shape index (κ2) is 5.30. The molecule has 0 spiro atoms. The fraction of sp³-hybridized carbons (Fsp3) is 0. The number of carboxylic acids is 1. The third-order valence-corrected chi connectivity index (χ3v) is 2.45. The fourth-order valence-electron chi connectivity index (χ4n) is 1.56. The van der Waals surface area contributed by atoms with E-state index in [4.69, 9.17) is 5.11 Å². The summed E-state index contributed by atoms with van der Waals surface area (Å²) in [6.07, 6.45) is 0. The van der Waals surface area contributed by atoms with Crippen LogP contribution in [0.5, 0.6) is 0 Å². The molecule has 0 unspecified atom stereocenters. The topological polar surface area (TPSA) is 66.4 Å². The molecular weight excluding hydrogens is 249 g/mol. The molecule has 5 heteroatoms. The molecule has 0 saturated carbocycles. The van der Waals surface area contributed by atoms with Crippen LogP contribution < -0.4 is 5.32 Å². The largest absolute Gasteiger partial charge is 0.478 e. The summed E-state index contributed by atoms with van der Waals surface area (Å²) in [6, 6.07) is 11.1. The minimum Gasteiger partial charge on any atom is -0.478 e. The first-order valence-corrected chi connectivity index (χ1v) is 5.46. The van der Waals surface area contributed by atoms with E-state index >= 15 is 0 Å². The average molecular weight is 259 g/mol. The van der Waals surface area contributed by atoms with Crippen LogP contribution in [-0.4, -0.2) is 17.0 Å². The molecule has 0 aliphatic rings. The molecule has 0 heterocycles. The lowest BCUT2D eigenvalue weighted by molar-refractivity contribution is 0.0697. The average Bonchev–Trinajstić information content (AvgIpc) is 2.39. The van der Waals surface area contributed by atoms with Gasteiger partial charge in [-0.2, -0.15) is 0 Å². The molecule has 4 nitrogen and oxygen atoms in total. The second-order valence-electron chi connectivity index (χ2n) is 3.85. The van der Waals surface area contributed by atoms with Gasteiger partial charge in [-0.3, -0.25) is 4.79 Å². The Labute approximate surface area is 108 Å². The van der Waals surface area contributed by atoms with Crippen molar-refractivity contribution in [2.45, 2.75) is 0 Å². The van der Waals surface area contributed by atoms with Crippen LogP contribution in [0, 0.1) is 5.82 Å². The van der Waals surface area contributed by atoms with Crippen molar-refractivity contribution >= 4 is 17.6 Å². The second-order valence-corrected chi connectivity index (χ2v) is 3.85. The number of benzene rings is 2. The van der Waals surface area contributed by atoms with Crippen LogP contribution in [0.3, 0.4) is 0 Å². The summed E-state index contributed by atoms with van der Waals surface area (Å²) >= 11 is 0. The molecule has 1 amide bonds. The Bertz CT molecular complexity index is 640. The van der Waals surface area contributed by atoms with E-state index in [1.54, 1.807) is 6.07 Å². The molecule has 0 aliphatic carbocycles. The molecule has 2 rings (SSSR count). The van der Waals surface area contributed by atoms with E-state index < -0.39 is 17.7 Å². The first kappa shape index (κ1) is 12.8. The lowest BCUT2D eigenvalue weighted by Crippen LogP contribution is -2.12. The van der Waals surface area contributed by atoms with E-state index in [0.717, 1.165) is 0 Å². The van der Waals surface area contributed by atoms with Crippen molar-refractivity contribution in [3.8, 4) is 0 Å². The van der Waals surface area contributed by atoms with Gasteiger partial charge >= 0.3 is 5.97 Å². The molecule has 0 radical (unpaired) electrons. The van der Waals surface area contributed by atoms with Crippen LogP contribution in [0.2, 0.25) is 0 Å². The molecule has 0 bridgehead atoms. The molecule has 0 saturated heterocycles. The van der Waals surface area contributed by atoms with Crippen molar-refractivity contribution in [3.63, 3.8) is 0 Å². The zero-order valence-corrected chi connectivity index (χ0v) is 9.76. The Hall–Kier alpha value is -2.69. The number of carbonyl (C=O) groups is 2. The van der Waals surface area contributed by atoms with Gasteiger partial charge < -0.3 is 10.4 Å². The van der Waals surface area contributed by atoms with Crippen molar-refractivity contribution in [3.05, 3.63) is 65.5 Å². The van der Waals surface area contributed by atoms with Crippen molar-refractivity contribution in [2.24, 2.45) is 0 Å². The Balaban J connectivity index is 2.20. The van der Waals surface area contributed by atoms with E-state index in [0.29, 0.717) is 5.69 Å². The molecule has 19 heavy (non-hydrogen) atoms. The predicted octanol–water partition coefficient (Wildman–Crippen LogP) is 2.78. The lowest BCUT2D eigenvalue weighted by atomic mass is 10.1. The van der Waals surface area contributed by atoms with Crippen molar-refractivity contribution in [2.75, 3.05) is 5.32 Å². The van der Waals surface area contributed by atoms with Gasteiger partial charge in [0.05, 0.1) is 5.56 Å². The summed E-state index contributed by atoms with van der Waals surface area (Å²) in [5.41, 5.74) is 0.529. The molecule has 2 aromatic carbocycles. The number of rotatable bonds is 3. The number of anilines is 1. The van der Waals surface area contributed by atoms with Gasteiger partial charge in [0, 0.05) is 11.3 Å². The predicted molar refractivity (Wildman–Crippen MR) is 67.8 cm³/mol. The molecule has 0 aliphatic heterocycles. The van der Waals surface area contributed by atoms with Crippen molar-refractivity contribution in [1.29, 1.82) is 0 Å². The van der Waals surface area contributed by atoms with E-state index in [-0.39, 0.29) is 11.1 Å². The van der Waals surface area contributed by atoms with Crippen LogP contribution in [-0.2, 0) is 0 Å².